The van der Waals surface area contributed by atoms with Gasteiger partial charge in [-0.05, 0) is 68.7 Å². The van der Waals surface area contributed by atoms with Gasteiger partial charge in [-0.15, -0.1) is 0 Å². The zero-order valence-corrected chi connectivity index (χ0v) is 47.7. The van der Waals surface area contributed by atoms with Crippen LogP contribution in [0.3, 0.4) is 0 Å². The van der Waals surface area contributed by atoms with Gasteiger partial charge in [-0.2, -0.15) is 0 Å². The molecule has 8 atom stereocenters. The molecule has 2 aromatic rings. The zero-order chi connectivity index (χ0) is 67.6. The van der Waals surface area contributed by atoms with Crippen molar-refractivity contribution in [1.82, 2.24) is 47.9 Å². The van der Waals surface area contributed by atoms with E-state index in [2.05, 4.69) is 16.0 Å². The summed E-state index contributed by atoms with van der Waals surface area (Å²) in [7, 11) is 0. The topological polar surface area (TPSA) is 603 Å². The lowest BCUT2D eigenvalue weighted by atomic mass is 10.1. The quantitative estimate of drug-likeness (QED) is 0.0279. The Morgan fingerprint density at radius 3 is 1.21 bits per heavy atom. The number of hydrogen-bond donors (Lipinski definition) is 18. The third kappa shape index (κ3) is 30.6. The van der Waals surface area contributed by atoms with Gasteiger partial charge in [0, 0.05) is 50.6 Å². The van der Waals surface area contributed by atoms with Crippen LogP contribution in [0, 0.1) is 0 Å². The molecule has 1 aromatic carbocycles. The van der Waals surface area contributed by atoms with Crippen molar-refractivity contribution < 1.29 is 137 Å². The predicted molar refractivity (Wildman–Crippen MR) is 294 cm³/mol. The minimum atomic E-state index is -2.41. The molecule has 0 spiro atoms. The van der Waals surface area contributed by atoms with Gasteiger partial charge in [0.05, 0.1) is 25.6 Å². The average Bonchev–Trinajstić information content (AvgIpc) is 2.75. The molecule has 1 heterocycles. The molecule has 1 aromatic heterocycles. The van der Waals surface area contributed by atoms with Gasteiger partial charge >= 0.3 is 47.8 Å². The van der Waals surface area contributed by atoms with Crippen LogP contribution < -0.4 is 52.6 Å². The second-order valence-corrected chi connectivity index (χ2v) is 19.7. The van der Waals surface area contributed by atoms with E-state index in [-0.39, 0.29) is 32.5 Å². The molecule has 2 unspecified atom stereocenters. The summed E-state index contributed by atoms with van der Waals surface area (Å²) in [4.78, 5) is 205. The summed E-state index contributed by atoms with van der Waals surface area (Å²) in [6.07, 6.45) is -9.94. The highest BCUT2D eigenvalue weighted by Crippen LogP contribution is 2.17. The molecule has 18 N–H and O–H groups in total. The Morgan fingerprint density at radius 2 is 0.811 bits per heavy atom. The number of benzene rings is 1. The normalized spacial score (nSPS) is 13.4. The molecule has 9 amide bonds. The third-order valence-corrected chi connectivity index (χ3v) is 12.6. The van der Waals surface area contributed by atoms with E-state index >= 15 is 0 Å². The summed E-state index contributed by atoms with van der Waals surface area (Å²) < 4.78 is 11.1. The summed E-state index contributed by atoms with van der Waals surface area (Å²) in [6, 6.07) is -4.18. The maximum Gasteiger partial charge on any atom is 0.326 e. The molecule has 0 fully saturated rings. The van der Waals surface area contributed by atoms with Crippen LogP contribution in [0.1, 0.15) is 107 Å². The lowest BCUT2D eigenvalue weighted by molar-refractivity contribution is -0.146. The number of aliphatic hydroxyl groups excluding tert-OH is 1. The fraction of sp³-hybridized carbons (Fsp3) is 0.491. The molecule has 37 heteroatoms. The predicted octanol–water partition coefficient (Wildman–Crippen LogP) is -4.34. The van der Waals surface area contributed by atoms with Crippen molar-refractivity contribution >= 4 is 101 Å². The lowest BCUT2D eigenvalue weighted by Gasteiger charge is -2.20. The number of carbonyl (C=O) groups is 17. The second kappa shape index (κ2) is 39.1. The second-order valence-electron chi connectivity index (χ2n) is 19.7. The van der Waals surface area contributed by atoms with Gasteiger partial charge in [-0.1, -0.05) is 12.1 Å². The number of aliphatic hydroxyl groups is 1. The van der Waals surface area contributed by atoms with Crippen LogP contribution in [0.4, 0.5) is 0 Å². The van der Waals surface area contributed by atoms with Crippen molar-refractivity contribution in [2.45, 2.75) is 158 Å². The first kappa shape index (κ1) is 75.3. The number of furan rings is 1. The molecular formula is C53H69N9O28. The van der Waals surface area contributed by atoms with E-state index in [4.69, 9.17) is 14.3 Å². The van der Waals surface area contributed by atoms with Gasteiger partial charge in [0.2, 0.25) is 53.7 Å². The number of amides is 9. The first-order valence-corrected chi connectivity index (χ1v) is 27.1. The first-order chi connectivity index (χ1) is 42.4. The summed E-state index contributed by atoms with van der Waals surface area (Å²) in [6.45, 7) is 0.603. The zero-order valence-electron chi connectivity index (χ0n) is 47.7. The Bertz CT molecular complexity index is 2910. The molecular weight excluding hydrogens is 1210 g/mol. The molecule has 494 valence electrons. The lowest BCUT2D eigenvalue weighted by Crippen LogP contribution is -2.50. The van der Waals surface area contributed by atoms with E-state index in [1.807, 2.05) is 26.6 Å². The van der Waals surface area contributed by atoms with Gasteiger partial charge in [0.25, 0.3) is 0 Å². The standard InChI is InChI=1S/C53H69N9O28/c63-25-54-22-29-19-27(24-90-29)23-89-28-3-1-26(2-4-28)17-18-55-38(65)11-5-30(47(75)76)56-39(66)12-6-31(48(77)78)57-40(67)14-8-33(50(81)82)60-43(70)20-36(53(87)88)61-44(71)21-37(64)46(74)62-35(52(85)86)9-15-42(69)58-32(49(79)80)7-13-41(68)59-34(51(83)84)10-16-45(72)73/h1-4,19,24-25,30-37,64H,5-18,20-23H2,(H,54,63)(H,55,65)(H,56,66)(H,57,67)(H,58,69)(H,59,68)(H,60,70)(H,61,71)(H,62,74)(H,72,73)(H,75,76)(H,77,78)(H,79,80)(H,81,82)(H,83,84)(H,85,86)(H,87,88)/t30-,31-,32-,33-,34-,35-,36?,37?/m0/s1. The van der Waals surface area contributed by atoms with Crippen molar-refractivity contribution in [2.24, 2.45) is 0 Å². The fourth-order valence-electron chi connectivity index (χ4n) is 7.77. The third-order valence-electron chi connectivity index (χ3n) is 12.6. The van der Waals surface area contributed by atoms with E-state index < -0.39 is 220 Å². The highest BCUT2D eigenvalue weighted by molar-refractivity contribution is 5.94. The summed E-state index contributed by atoms with van der Waals surface area (Å²) >= 11 is 0. The van der Waals surface area contributed by atoms with Crippen molar-refractivity contribution in [3.63, 3.8) is 0 Å². The number of nitrogens with one attached hydrogen (secondary N) is 9. The van der Waals surface area contributed by atoms with Crippen molar-refractivity contribution in [1.29, 1.82) is 0 Å². The average molecular weight is 1280 g/mol. The van der Waals surface area contributed by atoms with Gasteiger partial charge in [-0.3, -0.25) is 47.9 Å². The molecule has 0 radical (unpaired) electrons. The molecule has 0 bridgehead atoms. The number of carboxylic acids is 8. The van der Waals surface area contributed by atoms with Crippen LogP contribution in [-0.4, -0.2) is 202 Å². The van der Waals surface area contributed by atoms with E-state index in [1.165, 1.54) is 6.26 Å². The largest absolute Gasteiger partial charge is 0.489 e. The van der Waals surface area contributed by atoms with E-state index in [0.717, 1.165) is 11.1 Å². The molecule has 0 saturated carbocycles. The number of hydrogen-bond acceptors (Lipinski definition) is 20. The van der Waals surface area contributed by atoms with Crippen molar-refractivity contribution in [3.8, 4) is 5.75 Å². The highest BCUT2D eigenvalue weighted by atomic mass is 16.5. The Morgan fingerprint density at radius 1 is 0.444 bits per heavy atom. The van der Waals surface area contributed by atoms with Gasteiger partial charge in [-0.25, -0.2) is 33.6 Å². The smallest absolute Gasteiger partial charge is 0.326 e. The monoisotopic (exact) mass is 1280 g/mol. The van der Waals surface area contributed by atoms with Gasteiger partial charge in [0.1, 0.15) is 66.5 Å². The van der Waals surface area contributed by atoms with E-state index in [0.29, 0.717) is 24.3 Å². The van der Waals surface area contributed by atoms with Crippen LogP contribution in [0.25, 0.3) is 0 Å². The number of rotatable bonds is 46. The van der Waals surface area contributed by atoms with E-state index in [9.17, 15) is 122 Å². The van der Waals surface area contributed by atoms with Crippen LogP contribution in [0.5, 0.6) is 5.75 Å². The SMILES string of the molecule is O=CNCc1cc(COc2ccc(CCNC(=O)CC[C@H](NC(=O)CC[C@H](NC(=O)CC[C@H](NC(=O)CC(NC(=O)CC(O)C(=O)N[C@@H](CCC(=O)N[C@@H](CCC(=O)N[C@@H](CCC(=O)O)C(=O)O)C(=O)O)C(=O)O)C(=O)O)C(=O)O)C(=O)O)C(=O)O)cc2)co1. The Balaban J connectivity index is 1.82. The molecule has 0 aliphatic rings. The Hall–Kier alpha value is -10.8. The first-order valence-electron chi connectivity index (χ1n) is 27.1. The highest BCUT2D eigenvalue weighted by Gasteiger charge is 2.32. The van der Waals surface area contributed by atoms with Crippen LogP contribution >= 0.6 is 0 Å². The molecule has 90 heavy (non-hydrogen) atoms. The number of carbonyl (C=O) groups excluding carboxylic acids is 9. The number of ether oxygens (including phenoxy) is 1. The van der Waals surface area contributed by atoms with Gasteiger partial charge < -0.3 is 103 Å². The number of aliphatic carboxylic acids is 8. The molecule has 2 rings (SSSR count). The van der Waals surface area contributed by atoms with Crippen LogP contribution in [0.15, 0.2) is 41.0 Å². The van der Waals surface area contributed by atoms with Crippen LogP contribution in [0.2, 0.25) is 0 Å². The summed E-state index contributed by atoms with van der Waals surface area (Å²) in [5.74, 6) is -21.3. The minimum absolute atomic E-state index is 0.172. The van der Waals surface area contributed by atoms with Crippen LogP contribution in [-0.2, 0) is 101 Å². The molecule has 0 aliphatic heterocycles. The molecule has 0 saturated heterocycles. The maximum atomic E-state index is 12.8. The van der Waals surface area contributed by atoms with Crippen molar-refractivity contribution in [3.05, 3.63) is 53.5 Å². The van der Waals surface area contributed by atoms with E-state index in [1.54, 1.807) is 35.6 Å². The van der Waals surface area contributed by atoms with Gasteiger partial charge in [0.15, 0.2) is 0 Å². The number of carboxylic acid groups (broad SMARTS) is 8. The Labute approximate surface area is 508 Å². The summed E-state index contributed by atoms with van der Waals surface area (Å²) in [5.41, 5.74) is 1.58. The Kier molecular flexibility index (Phi) is 32.8. The fourth-order valence-corrected chi connectivity index (χ4v) is 7.77. The minimum Gasteiger partial charge on any atom is -0.489 e. The molecule has 37 nitrogen and oxygen atoms in total. The summed E-state index contributed by atoms with van der Waals surface area (Å²) in [5, 5.41) is 105. The maximum absolute atomic E-state index is 12.8. The molecule has 0 aliphatic carbocycles. The van der Waals surface area contributed by atoms with Crippen molar-refractivity contribution in [2.75, 3.05) is 6.54 Å².